The van der Waals surface area contributed by atoms with Crippen LogP contribution in [0, 0.1) is 12.8 Å². The lowest BCUT2D eigenvalue weighted by Crippen LogP contribution is -2.42. The normalized spacial score (nSPS) is 21.9. The Hall–Kier alpha value is -2.50. The molecular weight excluding hydrogens is 386 g/mol. The van der Waals surface area contributed by atoms with E-state index >= 15 is 0 Å². The van der Waals surface area contributed by atoms with Gasteiger partial charge in [-0.2, -0.15) is 0 Å². The molecular formula is C25H33N5O. The molecule has 1 saturated carbocycles. The number of pyridine rings is 1. The van der Waals surface area contributed by atoms with Gasteiger partial charge < -0.3 is 9.80 Å². The Kier molecular flexibility index (Phi) is 5.88. The van der Waals surface area contributed by atoms with Gasteiger partial charge in [-0.3, -0.25) is 9.78 Å². The number of anilines is 1. The summed E-state index contributed by atoms with van der Waals surface area (Å²) >= 11 is 0. The lowest BCUT2D eigenvalue weighted by Gasteiger charge is -2.38. The first-order valence-electron chi connectivity index (χ1n) is 12.0. The summed E-state index contributed by atoms with van der Waals surface area (Å²) in [5.41, 5.74) is 3.39. The third-order valence-electron chi connectivity index (χ3n) is 7.23. The molecule has 0 unspecified atom stereocenters. The van der Waals surface area contributed by atoms with Crippen molar-refractivity contribution in [3.05, 3.63) is 47.2 Å². The van der Waals surface area contributed by atoms with E-state index in [2.05, 4.69) is 27.8 Å². The van der Waals surface area contributed by atoms with E-state index in [-0.39, 0.29) is 12.0 Å². The van der Waals surface area contributed by atoms with E-state index in [1.54, 1.807) is 0 Å². The third-order valence-corrected chi connectivity index (χ3v) is 7.23. The van der Waals surface area contributed by atoms with Crippen LogP contribution in [-0.2, 0) is 17.8 Å². The van der Waals surface area contributed by atoms with E-state index in [0.29, 0.717) is 5.91 Å². The number of amides is 1. The van der Waals surface area contributed by atoms with Gasteiger partial charge in [0, 0.05) is 36.5 Å². The van der Waals surface area contributed by atoms with Crippen molar-refractivity contribution in [1.29, 1.82) is 0 Å². The fourth-order valence-electron chi connectivity index (χ4n) is 5.57. The van der Waals surface area contributed by atoms with Crippen LogP contribution in [0.1, 0.15) is 80.2 Å². The molecule has 164 valence electrons. The van der Waals surface area contributed by atoms with E-state index in [1.165, 1.54) is 18.4 Å². The van der Waals surface area contributed by atoms with Gasteiger partial charge in [-0.25, -0.2) is 9.97 Å². The number of hydrogen-bond donors (Lipinski definition) is 0. The van der Waals surface area contributed by atoms with E-state index < -0.39 is 0 Å². The predicted octanol–water partition coefficient (Wildman–Crippen LogP) is 4.38. The summed E-state index contributed by atoms with van der Waals surface area (Å²) in [6, 6.07) is 6.09. The fourth-order valence-corrected chi connectivity index (χ4v) is 5.57. The summed E-state index contributed by atoms with van der Waals surface area (Å²) < 4.78 is 0. The molecule has 0 spiro atoms. The SMILES string of the molecule is Cc1nc([C@H]2CCCCN2C(=O)C2CCCC2)nc2c1CCCN2Cc1ccccn1. The molecule has 3 aliphatic rings. The van der Waals surface area contributed by atoms with E-state index in [1.807, 2.05) is 18.3 Å². The first kappa shape index (κ1) is 20.4. The molecule has 5 rings (SSSR count). The predicted molar refractivity (Wildman–Crippen MR) is 121 cm³/mol. The monoisotopic (exact) mass is 419 g/mol. The molecule has 1 atom stereocenters. The van der Waals surface area contributed by atoms with Crippen LogP contribution in [0.2, 0.25) is 0 Å². The second-order valence-electron chi connectivity index (χ2n) is 9.34. The Morgan fingerprint density at radius 1 is 1.03 bits per heavy atom. The van der Waals surface area contributed by atoms with Crippen LogP contribution < -0.4 is 4.90 Å². The highest BCUT2D eigenvalue weighted by molar-refractivity contribution is 5.79. The Bertz CT molecular complexity index is 925. The molecule has 6 nitrogen and oxygen atoms in total. The van der Waals surface area contributed by atoms with Gasteiger partial charge in [0.2, 0.25) is 5.91 Å². The molecule has 0 bridgehead atoms. The zero-order valence-electron chi connectivity index (χ0n) is 18.6. The van der Waals surface area contributed by atoms with Crippen LogP contribution in [-0.4, -0.2) is 38.8 Å². The highest BCUT2D eigenvalue weighted by Crippen LogP contribution is 2.36. The van der Waals surface area contributed by atoms with Crippen LogP contribution in [0.5, 0.6) is 0 Å². The maximum absolute atomic E-state index is 13.3. The van der Waals surface area contributed by atoms with Crippen LogP contribution >= 0.6 is 0 Å². The average Bonchev–Trinajstić information content (AvgIpc) is 3.35. The van der Waals surface area contributed by atoms with Crippen molar-refractivity contribution in [2.75, 3.05) is 18.0 Å². The molecule has 6 heteroatoms. The molecule has 2 aliphatic heterocycles. The molecule has 0 radical (unpaired) electrons. The quantitative estimate of drug-likeness (QED) is 0.736. The number of hydrogen-bond acceptors (Lipinski definition) is 5. The maximum atomic E-state index is 13.3. The Morgan fingerprint density at radius 2 is 1.87 bits per heavy atom. The minimum atomic E-state index is 0.0180. The number of piperidine rings is 1. The second-order valence-corrected chi connectivity index (χ2v) is 9.34. The zero-order valence-corrected chi connectivity index (χ0v) is 18.6. The Balaban J connectivity index is 1.45. The van der Waals surface area contributed by atoms with Gasteiger partial charge in [0.1, 0.15) is 5.82 Å². The van der Waals surface area contributed by atoms with E-state index in [4.69, 9.17) is 9.97 Å². The number of nitrogens with zero attached hydrogens (tertiary/aromatic N) is 5. The Morgan fingerprint density at radius 3 is 2.68 bits per heavy atom. The topological polar surface area (TPSA) is 62.2 Å². The highest BCUT2D eigenvalue weighted by atomic mass is 16.2. The van der Waals surface area contributed by atoms with Crippen molar-refractivity contribution in [1.82, 2.24) is 19.9 Å². The molecule has 1 amide bonds. The summed E-state index contributed by atoms with van der Waals surface area (Å²) in [5, 5.41) is 0. The summed E-state index contributed by atoms with van der Waals surface area (Å²) in [7, 11) is 0. The third kappa shape index (κ3) is 4.17. The zero-order chi connectivity index (χ0) is 21.2. The largest absolute Gasteiger partial charge is 0.350 e. The van der Waals surface area contributed by atoms with Crippen molar-refractivity contribution in [2.45, 2.75) is 77.3 Å². The number of rotatable bonds is 4. The van der Waals surface area contributed by atoms with Crippen LogP contribution in [0.3, 0.4) is 0 Å². The first-order valence-corrected chi connectivity index (χ1v) is 12.0. The van der Waals surface area contributed by atoms with Crippen molar-refractivity contribution >= 4 is 11.7 Å². The number of carbonyl (C=O) groups is 1. The average molecular weight is 420 g/mol. The van der Waals surface area contributed by atoms with Crippen LogP contribution in [0.25, 0.3) is 0 Å². The smallest absolute Gasteiger partial charge is 0.226 e. The first-order chi connectivity index (χ1) is 15.2. The number of carbonyl (C=O) groups excluding carboxylic acids is 1. The van der Waals surface area contributed by atoms with Gasteiger partial charge in [0.05, 0.1) is 18.3 Å². The maximum Gasteiger partial charge on any atom is 0.226 e. The molecule has 2 aromatic heterocycles. The Labute approximate surface area is 185 Å². The highest BCUT2D eigenvalue weighted by Gasteiger charge is 2.36. The molecule has 4 heterocycles. The summed E-state index contributed by atoms with van der Waals surface area (Å²) in [5.74, 6) is 2.44. The number of fused-ring (bicyclic) bond motifs is 1. The van der Waals surface area contributed by atoms with Gasteiger partial charge in [-0.05, 0) is 64.0 Å². The van der Waals surface area contributed by atoms with Crippen LogP contribution in [0.15, 0.2) is 24.4 Å². The lowest BCUT2D eigenvalue weighted by molar-refractivity contribution is -0.139. The molecule has 2 aromatic rings. The van der Waals surface area contributed by atoms with Crippen molar-refractivity contribution in [3.8, 4) is 0 Å². The molecule has 1 saturated heterocycles. The summed E-state index contributed by atoms with van der Waals surface area (Å²) in [4.78, 5) is 32.4. The van der Waals surface area contributed by atoms with Crippen molar-refractivity contribution in [3.63, 3.8) is 0 Å². The number of likely N-dealkylation sites (tertiary alicyclic amines) is 1. The van der Waals surface area contributed by atoms with Crippen molar-refractivity contribution in [2.24, 2.45) is 5.92 Å². The van der Waals surface area contributed by atoms with Crippen LogP contribution in [0.4, 0.5) is 5.82 Å². The lowest BCUT2D eigenvalue weighted by atomic mass is 9.97. The minimum Gasteiger partial charge on any atom is -0.350 e. The van der Waals surface area contributed by atoms with E-state index in [0.717, 1.165) is 87.6 Å². The molecule has 0 aromatic carbocycles. The summed E-state index contributed by atoms with van der Waals surface area (Å²) in [6.07, 6.45) is 11.6. The summed E-state index contributed by atoms with van der Waals surface area (Å²) in [6.45, 7) is 4.70. The molecule has 0 N–H and O–H groups in total. The number of aromatic nitrogens is 3. The molecule has 31 heavy (non-hydrogen) atoms. The van der Waals surface area contributed by atoms with Crippen molar-refractivity contribution < 1.29 is 4.79 Å². The van der Waals surface area contributed by atoms with Gasteiger partial charge in [-0.1, -0.05) is 18.9 Å². The molecule has 2 fully saturated rings. The van der Waals surface area contributed by atoms with Gasteiger partial charge in [0.15, 0.2) is 5.82 Å². The molecule has 1 aliphatic carbocycles. The van der Waals surface area contributed by atoms with E-state index in [9.17, 15) is 4.79 Å². The van der Waals surface area contributed by atoms with Gasteiger partial charge >= 0.3 is 0 Å². The number of aryl methyl sites for hydroxylation is 1. The fraction of sp³-hybridized carbons (Fsp3) is 0.600. The van der Waals surface area contributed by atoms with Gasteiger partial charge in [0.25, 0.3) is 0 Å². The minimum absolute atomic E-state index is 0.0180. The second kappa shape index (κ2) is 8.93. The van der Waals surface area contributed by atoms with Gasteiger partial charge in [-0.15, -0.1) is 0 Å². The standard InChI is InChI=1S/C25H33N5O/c1-18-21-12-8-15-29(17-20-11-4-6-14-26-20)24(21)28-23(27-18)22-13-5-7-16-30(22)25(31)19-9-2-3-10-19/h4,6,11,14,19,22H,2-3,5,7-10,12-13,15-17H2,1H3/t22-/m1/s1.